The van der Waals surface area contributed by atoms with E-state index in [1.807, 2.05) is 0 Å². The van der Waals surface area contributed by atoms with E-state index < -0.39 is 11.2 Å². The van der Waals surface area contributed by atoms with Gasteiger partial charge in [0.2, 0.25) is 10.1 Å². The van der Waals surface area contributed by atoms with Gasteiger partial charge in [0.05, 0.1) is 0 Å². The highest BCUT2D eigenvalue weighted by molar-refractivity contribution is 7.15. The summed E-state index contributed by atoms with van der Waals surface area (Å²) in [5, 5.41) is 5.26. The van der Waals surface area contributed by atoms with Crippen LogP contribution in [-0.2, 0) is 6.18 Å². The Labute approximate surface area is 124 Å². The van der Waals surface area contributed by atoms with Crippen LogP contribution in [0.15, 0.2) is 22.6 Å². The van der Waals surface area contributed by atoms with Crippen LogP contribution in [0.5, 0.6) is 0 Å². The van der Waals surface area contributed by atoms with Crippen molar-refractivity contribution in [2.24, 2.45) is 0 Å². The standard InChI is InChI=1S/C7H5ClN2O.C3H2F3N3S/c8-4-1-2-6-5(3-4)10-7(9)11-6;4-3(5,6)1-8-9-2(7)10-1/h1-3H,(H2,9,10);(H2,7,9). The fourth-order valence-corrected chi connectivity index (χ4v) is 1.91. The van der Waals surface area contributed by atoms with Crippen molar-refractivity contribution >= 4 is 45.2 Å². The van der Waals surface area contributed by atoms with Crippen molar-refractivity contribution in [3.8, 4) is 0 Å². The van der Waals surface area contributed by atoms with Crippen LogP contribution < -0.4 is 11.5 Å². The number of nitrogens with zero attached hydrogens (tertiary/aromatic N) is 3. The molecule has 11 heteroatoms. The summed E-state index contributed by atoms with van der Waals surface area (Å²) in [6, 6.07) is 5.34. The van der Waals surface area contributed by atoms with Crippen LogP contribution in [0.1, 0.15) is 5.01 Å². The van der Waals surface area contributed by atoms with Crippen LogP contribution >= 0.6 is 22.9 Å². The summed E-state index contributed by atoms with van der Waals surface area (Å²) in [7, 11) is 0. The Bertz CT molecular complexity index is 757. The molecule has 2 aromatic heterocycles. The average molecular weight is 338 g/mol. The molecule has 0 radical (unpaired) electrons. The molecule has 0 atom stereocenters. The Kier molecular flexibility index (Phi) is 4.19. The maximum atomic E-state index is 11.7. The summed E-state index contributed by atoms with van der Waals surface area (Å²) in [6.45, 7) is 0. The normalized spacial score (nSPS) is 11.2. The van der Waals surface area contributed by atoms with Crippen molar-refractivity contribution in [1.29, 1.82) is 0 Å². The van der Waals surface area contributed by atoms with E-state index in [0.29, 0.717) is 27.5 Å². The lowest BCUT2D eigenvalue weighted by Gasteiger charge is -1.96. The lowest BCUT2D eigenvalue weighted by molar-refractivity contribution is -0.138. The lowest BCUT2D eigenvalue weighted by atomic mass is 10.3. The van der Waals surface area contributed by atoms with Crippen molar-refractivity contribution in [2.75, 3.05) is 11.5 Å². The van der Waals surface area contributed by atoms with Crippen LogP contribution in [0.2, 0.25) is 5.02 Å². The number of aromatic nitrogens is 3. The molecule has 3 rings (SSSR count). The van der Waals surface area contributed by atoms with Gasteiger partial charge in [0, 0.05) is 5.02 Å². The number of alkyl halides is 3. The van der Waals surface area contributed by atoms with Gasteiger partial charge in [0.25, 0.3) is 6.01 Å². The highest BCUT2D eigenvalue weighted by Crippen LogP contribution is 2.31. The predicted molar refractivity (Wildman–Crippen MR) is 72.8 cm³/mol. The number of benzene rings is 1. The number of nitrogen functional groups attached to an aromatic ring is 2. The number of hydrogen-bond donors (Lipinski definition) is 2. The fraction of sp³-hybridized carbons (Fsp3) is 0.100. The van der Waals surface area contributed by atoms with E-state index >= 15 is 0 Å². The van der Waals surface area contributed by atoms with Gasteiger partial charge in [-0.05, 0) is 18.2 Å². The third kappa shape index (κ3) is 3.95. The number of halogens is 4. The zero-order valence-electron chi connectivity index (χ0n) is 10.1. The Balaban J connectivity index is 0.000000155. The van der Waals surface area contributed by atoms with Crippen LogP contribution in [0, 0.1) is 0 Å². The van der Waals surface area contributed by atoms with Gasteiger partial charge in [-0.3, -0.25) is 0 Å². The summed E-state index contributed by atoms with van der Waals surface area (Å²) >= 11 is 6.03. The third-order valence-electron chi connectivity index (χ3n) is 2.05. The molecule has 4 N–H and O–H groups in total. The fourth-order valence-electron chi connectivity index (χ4n) is 1.27. The molecular formula is C10H7ClF3N5OS. The molecular weight excluding hydrogens is 331 g/mol. The van der Waals surface area contributed by atoms with E-state index in [4.69, 9.17) is 27.5 Å². The van der Waals surface area contributed by atoms with E-state index in [9.17, 15) is 13.2 Å². The first-order chi connectivity index (χ1) is 9.75. The van der Waals surface area contributed by atoms with Gasteiger partial charge in [-0.15, -0.1) is 10.2 Å². The first-order valence-corrected chi connectivity index (χ1v) is 6.43. The lowest BCUT2D eigenvalue weighted by Crippen LogP contribution is -2.03. The Hall–Kier alpha value is -2.07. The molecule has 0 aliphatic carbocycles. The molecule has 0 fully saturated rings. The molecule has 0 unspecified atom stereocenters. The number of fused-ring (bicyclic) bond motifs is 1. The first-order valence-electron chi connectivity index (χ1n) is 5.23. The molecule has 0 spiro atoms. The summed E-state index contributed by atoms with van der Waals surface area (Å²) in [4.78, 5) is 3.90. The van der Waals surface area contributed by atoms with E-state index in [1.165, 1.54) is 0 Å². The SMILES string of the molecule is Nc1nc2cc(Cl)ccc2o1.Nc1nnc(C(F)(F)F)s1. The molecule has 0 amide bonds. The monoisotopic (exact) mass is 337 g/mol. The largest absolute Gasteiger partial charge is 0.445 e. The molecule has 1 aromatic carbocycles. The molecule has 0 bridgehead atoms. The summed E-state index contributed by atoms with van der Waals surface area (Å²) in [5.41, 5.74) is 11.6. The number of hydrogen-bond acceptors (Lipinski definition) is 7. The summed E-state index contributed by atoms with van der Waals surface area (Å²) < 4.78 is 40.0. The second-order valence-electron chi connectivity index (χ2n) is 3.61. The van der Waals surface area contributed by atoms with Crippen LogP contribution in [-0.4, -0.2) is 15.2 Å². The molecule has 2 heterocycles. The Morgan fingerprint density at radius 1 is 1.19 bits per heavy atom. The van der Waals surface area contributed by atoms with Crippen LogP contribution in [0.25, 0.3) is 11.1 Å². The van der Waals surface area contributed by atoms with Gasteiger partial charge >= 0.3 is 6.18 Å². The van der Waals surface area contributed by atoms with Gasteiger partial charge in [-0.25, -0.2) is 0 Å². The molecule has 0 aliphatic rings. The third-order valence-corrected chi connectivity index (χ3v) is 3.08. The maximum absolute atomic E-state index is 11.7. The minimum Gasteiger partial charge on any atom is -0.424 e. The maximum Gasteiger partial charge on any atom is 0.445 e. The number of nitrogens with two attached hydrogens (primary N) is 2. The molecule has 0 saturated carbocycles. The van der Waals surface area contributed by atoms with E-state index in [-0.39, 0.29) is 11.1 Å². The van der Waals surface area contributed by atoms with Gasteiger partial charge in [-0.2, -0.15) is 18.2 Å². The minimum absolute atomic E-state index is 0.169. The van der Waals surface area contributed by atoms with Crippen LogP contribution in [0.3, 0.4) is 0 Å². The van der Waals surface area contributed by atoms with Crippen molar-refractivity contribution in [3.05, 3.63) is 28.2 Å². The predicted octanol–water partition coefficient (Wildman–Crippen LogP) is 3.20. The zero-order valence-corrected chi connectivity index (χ0v) is 11.6. The van der Waals surface area contributed by atoms with Gasteiger partial charge in [-0.1, -0.05) is 22.9 Å². The molecule has 112 valence electrons. The van der Waals surface area contributed by atoms with E-state index in [1.54, 1.807) is 18.2 Å². The Morgan fingerprint density at radius 3 is 2.43 bits per heavy atom. The highest BCUT2D eigenvalue weighted by atomic mass is 35.5. The number of oxazole rings is 1. The number of rotatable bonds is 0. The van der Waals surface area contributed by atoms with Gasteiger partial charge in [0.1, 0.15) is 5.52 Å². The molecule has 0 aliphatic heterocycles. The second kappa shape index (κ2) is 5.74. The van der Waals surface area contributed by atoms with Crippen molar-refractivity contribution in [2.45, 2.75) is 6.18 Å². The van der Waals surface area contributed by atoms with E-state index in [0.717, 1.165) is 0 Å². The van der Waals surface area contributed by atoms with E-state index in [2.05, 4.69) is 15.2 Å². The molecule has 21 heavy (non-hydrogen) atoms. The second-order valence-corrected chi connectivity index (χ2v) is 5.05. The van der Waals surface area contributed by atoms with Crippen molar-refractivity contribution in [1.82, 2.24) is 15.2 Å². The minimum atomic E-state index is -4.42. The number of anilines is 2. The summed E-state index contributed by atoms with van der Waals surface area (Å²) in [5.74, 6) is 0. The van der Waals surface area contributed by atoms with Gasteiger partial charge in [0.15, 0.2) is 5.58 Å². The van der Waals surface area contributed by atoms with Crippen molar-refractivity contribution in [3.63, 3.8) is 0 Å². The topological polar surface area (TPSA) is 104 Å². The van der Waals surface area contributed by atoms with Gasteiger partial charge < -0.3 is 15.9 Å². The highest BCUT2D eigenvalue weighted by Gasteiger charge is 2.35. The quantitative estimate of drug-likeness (QED) is 0.652. The Morgan fingerprint density at radius 2 is 1.90 bits per heavy atom. The zero-order chi connectivity index (χ0) is 15.6. The molecule has 6 nitrogen and oxygen atoms in total. The molecule has 0 saturated heterocycles. The van der Waals surface area contributed by atoms with Crippen LogP contribution in [0.4, 0.5) is 24.3 Å². The average Bonchev–Trinajstić information content (AvgIpc) is 2.94. The first kappa shape index (κ1) is 15.3. The van der Waals surface area contributed by atoms with Crippen molar-refractivity contribution < 1.29 is 17.6 Å². The summed E-state index contributed by atoms with van der Waals surface area (Å²) in [6.07, 6.45) is -4.42. The smallest absolute Gasteiger partial charge is 0.424 e. The molecule has 3 aromatic rings.